The van der Waals surface area contributed by atoms with Crippen LogP contribution < -0.4 is 5.14 Å². The van der Waals surface area contributed by atoms with Crippen LogP contribution in [0.4, 0.5) is 17.6 Å². The molecule has 136 valence electrons. The quantitative estimate of drug-likeness (QED) is 0.665. The number of primary sulfonamides is 1. The smallest absolute Gasteiger partial charge is 0.231 e. The lowest BCUT2D eigenvalue weighted by atomic mass is 10.1. The largest absolute Gasteiger partial charge is 0.443 e. The maximum Gasteiger partial charge on any atom is 0.443 e. The molecule has 0 spiro atoms. The molecule has 10 heteroatoms. The minimum Gasteiger partial charge on any atom is -0.231 e. The summed E-state index contributed by atoms with van der Waals surface area (Å²) in [6, 6.07) is 9.99. The number of sulfonamides is 1. The molecule has 0 unspecified atom stereocenters. The Morgan fingerprint density at radius 3 is 1.96 bits per heavy atom. The van der Waals surface area contributed by atoms with Crippen LogP contribution in [-0.4, -0.2) is 13.4 Å². The number of nitrogens with zero attached hydrogens (tertiary/aromatic N) is 1. The summed E-state index contributed by atoms with van der Waals surface area (Å²) in [5, 5.41) is 3.97. The number of rotatable bonds is 3. The number of benzene rings is 2. The molecule has 0 saturated heterocycles. The summed E-state index contributed by atoms with van der Waals surface area (Å²) in [6.45, 7) is 0. The highest BCUT2D eigenvalue weighted by Crippen LogP contribution is 2.42. The number of hydrogen-bond acceptors (Lipinski definition) is 4. The predicted molar refractivity (Wildman–Crippen MR) is 89.3 cm³/mol. The Kier molecular flexibility index (Phi) is 4.59. The van der Waals surface area contributed by atoms with Crippen LogP contribution >= 0.6 is 11.3 Å². The number of halogens is 4. The molecule has 2 N–H and O–H groups in total. The molecule has 26 heavy (non-hydrogen) atoms. The van der Waals surface area contributed by atoms with Gasteiger partial charge in [0.2, 0.25) is 10.0 Å². The second-order valence-electron chi connectivity index (χ2n) is 5.27. The van der Waals surface area contributed by atoms with E-state index in [0.717, 1.165) is 12.1 Å². The molecule has 2 aromatic carbocycles. The van der Waals surface area contributed by atoms with Gasteiger partial charge in [0.25, 0.3) is 0 Å². The molecule has 0 amide bonds. The van der Waals surface area contributed by atoms with Crippen molar-refractivity contribution >= 4 is 21.4 Å². The van der Waals surface area contributed by atoms with Gasteiger partial charge in [-0.05, 0) is 42.0 Å². The SMILES string of the molecule is NS(=O)(=O)c1ccc(-c2sc(C(F)(F)F)nc2-c2ccc(F)cc2)cc1. The van der Waals surface area contributed by atoms with E-state index in [1.54, 1.807) is 0 Å². The maximum atomic E-state index is 13.1. The van der Waals surface area contributed by atoms with Gasteiger partial charge in [-0.1, -0.05) is 12.1 Å². The average molecular weight is 402 g/mol. The fraction of sp³-hybridized carbons (Fsp3) is 0.0625. The van der Waals surface area contributed by atoms with Gasteiger partial charge in [-0.15, -0.1) is 11.3 Å². The summed E-state index contributed by atoms with van der Waals surface area (Å²) in [6.07, 6.45) is -4.64. The van der Waals surface area contributed by atoms with Crippen molar-refractivity contribution in [1.29, 1.82) is 0 Å². The van der Waals surface area contributed by atoms with E-state index in [2.05, 4.69) is 4.98 Å². The van der Waals surface area contributed by atoms with Gasteiger partial charge in [-0.2, -0.15) is 13.2 Å². The van der Waals surface area contributed by atoms with Gasteiger partial charge in [0.1, 0.15) is 5.82 Å². The standard InChI is InChI=1S/C16H10F4N2O2S2/c17-11-5-1-9(2-6-11)13-14(25-15(22-13)16(18,19)20)10-3-7-12(8-4-10)26(21,23)24/h1-8H,(H2,21,23,24). The zero-order chi connectivity index (χ0) is 19.1. The Labute approximate surface area is 150 Å². The second-order valence-corrected chi connectivity index (χ2v) is 7.83. The predicted octanol–water partition coefficient (Wildman–Crippen LogP) is 4.28. The Balaban J connectivity index is 2.16. The minimum absolute atomic E-state index is 0.0330. The van der Waals surface area contributed by atoms with Crippen molar-refractivity contribution in [2.75, 3.05) is 0 Å². The molecule has 0 aliphatic heterocycles. The van der Waals surface area contributed by atoms with E-state index in [-0.39, 0.29) is 15.5 Å². The van der Waals surface area contributed by atoms with Crippen molar-refractivity contribution in [2.24, 2.45) is 5.14 Å². The van der Waals surface area contributed by atoms with E-state index >= 15 is 0 Å². The number of nitrogens with two attached hydrogens (primary N) is 1. The summed E-state index contributed by atoms with van der Waals surface area (Å²) in [5.41, 5.74) is 0.680. The van der Waals surface area contributed by atoms with Crippen LogP contribution in [-0.2, 0) is 16.2 Å². The summed E-state index contributed by atoms with van der Waals surface area (Å²) in [7, 11) is -3.92. The monoisotopic (exact) mass is 402 g/mol. The highest BCUT2D eigenvalue weighted by Gasteiger charge is 2.36. The molecule has 0 aliphatic rings. The van der Waals surface area contributed by atoms with Gasteiger partial charge in [0.15, 0.2) is 5.01 Å². The number of alkyl halides is 3. The summed E-state index contributed by atoms with van der Waals surface area (Å²) in [5.74, 6) is -0.529. The third kappa shape index (κ3) is 3.76. The van der Waals surface area contributed by atoms with Crippen molar-refractivity contribution in [2.45, 2.75) is 11.1 Å². The van der Waals surface area contributed by atoms with Gasteiger partial charge in [0.05, 0.1) is 15.5 Å². The van der Waals surface area contributed by atoms with Gasteiger partial charge < -0.3 is 0 Å². The van der Waals surface area contributed by atoms with Gasteiger partial charge in [-0.3, -0.25) is 0 Å². The Morgan fingerprint density at radius 2 is 1.46 bits per heavy atom. The van der Waals surface area contributed by atoms with Crippen LogP contribution in [0.3, 0.4) is 0 Å². The molecule has 0 bridgehead atoms. The van der Waals surface area contributed by atoms with Crippen LogP contribution in [0.25, 0.3) is 21.7 Å². The number of aromatic nitrogens is 1. The molecular weight excluding hydrogens is 392 g/mol. The van der Waals surface area contributed by atoms with Crippen LogP contribution in [0, 0.1) is 5.82 Å². The third-order valence-electron chi connectivity index (χ3n) is 3.43. The van der Waals surface area contributed by atoms with Crippen molar-refractivity contribution in [3.05, 3.63) is 59.4 Å². The maximum absolute atomic E-state index is 13.1. The average Bonchev–Trinajstić information content (AvgIpc) is 3.00. The zero-order valence-electron chi connectivity index (χ0n) is 12.8. The normalized spacial score (nSPS) is 12.3. The number of thiazole rings is 1. The van der Waals surface area contributed by atoms with Gasteiger partial charge in [-0.25, -0.2) is 22.9 Å². The second kappa shape index (κ2) is 6.45. The first kappa shape index (κ1) is 18.5. The molecule has 3 aromatic rings. The van der Waals surface area contributed by atoms with Crippen LogP contribution in [0.2, 0.25) is 0 Å². The lowest BCUT2D eigenvalue weighted by Crippen LogP contribution is -2.11. The van der Waals surface area contributed by atoms with Gasteiger partial charge in [0, 0.05) is 5.56 Å². The van der Waals surface area contributed by atoms with E-state index in [1.807, 2.05) is 0 Å². The van der Waals surface area contributed by atoms with Crippen molar-refractivity contribution < 1.29 is 26.0 Å². The van der Waals surface area contributed by atoms with E-state index in [9.17, 15) is 26.0 Å². The molecule has 0 aliphatic carbocycles. The molecule has 1 aromatic heterocycles. The molecule has 0 radical (unpaired) electrons. The van der Waals surface area contributed by atoms with E-state index in [1.165, 1.54) is 36.4 Å². The fourth-order valence-electron chi connectivity index (χ4n) is 2.24. The molecule has 0 saturated carbocycles. The first-order chi connectivity index (χ1) is 12.1. The zero-order valence-corrected chi connectivity index (χ0v) is 14.4. The molecule has 4 nitrogen and oxygen atoms in total. The molecule has 0 atom stereocenters. The number of hydrogen-bond donors (Lipinski definition) is 1. The molecule has 0 fully saturated rings. The first-order valence-corrected chi connectivity index (χ1v) is 9.39. The lowest BCUT2D eigenvalue weighted by Gasteiger charge is -2.04. The topological polar surface area (TPSA) is 73.1 Å². The summed E-state index contributed by atoms with van der Waals surface area (Å²) >= 11 is 0.421. The van der Waals surface area contributed by atoms with E-state index in [4.69, 9.17) is 5.14 Å². The highest BCUT2D eigenvalue weighted by atomic mass is 32.2. The molecule has 1 heterocycles. The van der Waals surface area contributed by atoms with E-state index < -0.39 is 27.0 Å². The van der Waals surface area contributed by atoms with Crippen molar-refractivity contribution in [3.63, 3.8) is 0 Å². The highest BCUT2D eigenvalue weighted by molar-refractivity contribution is 7.89. The fourth-order valence-corrected chi connectivity index (χ4v) is 3.71. The van der Waals surface area contributed by atoms with Crippen molar-refractivity contribution in [1.82, 2.24) is 4.98 Å². The van der Waals surface area contributed by atoms with E-state index in [0.29, 0.717) is 22.5 Å². The Bertz CT molecular complexity index is 1040. The minimum atomic E-state index is -4.64. The van der Waals surface area contributed by atoms with Crippen molar-refractivity contribution in [3.8, 4) is 21.7 Å². The van der Waals surface area contributed by atoms with Crippen LogP contribution in [0.15, 0.2) is 53.4 Å². The summed E-state index contributed by atoms with van der Waals surface area (Å²) in [4.78, 5) is 3.68. The first-order valence-electron chi connectivity index (χ1n) is 7.03. The molecular formula is C16H10F4N2O2S2. The Hall–Kier alpha value is -2.30. The van der Waals surface area contributed by atoms with Crippen LogP contribution in [0.5, 0.6) is 0 Å². The third-order valence-corrected chi connectivity index (χ3v) is 5.51. The van der Waals surface area contributed by atoms with Crippen LogP contribution in [0.1, 0.15) is 5.01 Å². The summed E-state index contributed by atoms with van der Waals surface area (Å²) < 4.78 is 75.0. The Morgan fingerprint density at radius 1 is 0.923 bits per heavy atom. The lowest BCUT2D eigenvalue weighted by molar-refractivity contribution is -0.137. The molecule has 3 rings (SSSR count). The van der Waals surface area contributed by atoms with Gasteiger partial charge >= 0.3 is 6.18 Å².